The van der Waals surface area contributed by atoms with Crippen molar-refractivity contribution in [3.05, 3.63) is 47.8 Å². The summed E-state index contributed by atoms with van der Waals surface area (Å²) in [5.41, 5.74) is 0.193. The van der Waals surface area contributed by atoms with Crippen LogP contribution >= 0.6 is 0 Å². The van der Waals surface area contributed by atoms with Crippen LogP contribution in [-0.2, 0) is 9.53 Å². The van der Waals surface area contributed by atoms with Gasteiger partial charge in [0.25, 0.3) is 0 Å². The van der Waals surface area contributed by atoms with Crippen LogP contribution in [0, 0.1) is 5.92 Å². The van der Waals surface area contributed by atoms with E-state index in [-0.39, 0.29) is 28.8 Å². The molecule has 0 aromatic carbocycles. The van der Waals surface area contributed by atoms with Gasteiger partial charge in [0.2, 0.25) is 0 Å². The van der Waals surface area contributed by atoms with Crippen molar-refractivity contribution in [3.63, 3.8) is 0 Å². The zero-order chi connectivity index (χ0) is 15.1. The van der Waals surface area contributed by atoms with E-state index in [1.807, 2.05) is 26.2 Å². The minimum absolute atomic E-state index is 0.0410. The molecule has 1 atom stereocenters. The van der Waals surface area contributed by atoms with Crippen LogP contribution in [0.1, 0.15) is 33.1 Å². The van der Waals surface area contributed by atoms with Crippen LogP contribution in [0.2, 0.25) is 0 Å². The smallest absolute Gasteiger partial charge is 0.170 e. The van der Waals surface area contributed by atoms with Gasteiger partial charge in [0.15, 0.2) is 5.78 Å². The van der Waals surface area contributed by atoms with Gasteiger partial charge in [-0.05, 0) is 19.0 Å². The second-order valence-electron chi connectivity index (χ2n) is 4.78. The van der Waals surface area contributed by atoms with Crippen LogP contribution in [0.5, 0.6) is 0 Å². The van der Waals surface area contributed by atoms with E-state index in [4.69, 9.17) is 4.74 Å². The number of carbonyl (C=O) groups excluding carboxylic acids is 1. The quantitative estimate of drug-likeness (QED) is 0.749. The molecule has 0 aromatic heterocycles. The number of nitrogens with one attached hydrogen (secondary N) is 1. The number of ketones is 1. The van der Waals surface area contributed by atoms with Crippen LogP contribution in [-0.4, -0.2) is 17.9 Å². The molecule has 4 nitrogen and oxygen atoms in total. The fourth-order valence-corrected chi connectivity index (χ4v) is 1.98. The fourth-order valence-electron chi connectivity index (χ4n) is 1.98. The Hall–Kier alpha value is -1.97. The molecule has 1 unspecified atom stereocenters. The summed E-state index contributed by atoms with van der Waals surface area (Å²) < 4.78 is 5.60. The summed E-state index contributed by atoms with van der Waals surface area (Å²) in [5, 5.41) is 12.9. The Labute approximate surface area is 120 Å². The molecule has 4 heteroatoms. The molecule has 0 radical (unpaired) electrons. The van der Waals surface area contributed by atoms with Crippen LogP contribution in [0.3, 0.4) is 0 Å². The van der Waals surface area contributed by atoms with Gasteiger partial charge in [0.1, 0.15) is 22.9 Å². The molecule has 0 spiro atoms. The van der Waals surface area contributed by atoms with Crippen LogP contribution in [0.15, 0.2) is 47.8 Å². The van der Waals surface area contributed by atoms with E-state index in [0.29, 0.717) is 12.2 Å². The molecule has 1 aliphatic heterocycles. The zero-order valence-corrected chi connectivity index (χ0v) is 12.4. The summed E-state index contributed by atoms with van der Waals surface area (Å²) in [6.45, 7) is 7.49. The zero-order valence-electron chi connectivity index (χ0n) is 12.4. The topological polar surface area (TPSA) is 58.6 Å². The molecule has 0 fully saturated rings. The average molecular weight is 277 g/mol. The number of carbonyl (C=O) groups is 1. The standard InChI is InChI=1S/C16H23NO3/c1-5-13(18)16-12(3)20-15(10-14(16)19)11(2)8-6-7-9-17-4/h7,9-11,17,19H,3,5-6,8H2,1-2,4H3/b9-7+. The van der Waals surface area contributed by atoms with E-state index in [0.717, 1.165) is 12.8 Å². The summed E-state index contributed by atoms with van der Waals surface area (Å²) in [6.07, 6.45) is 7.56. The third kappa shape index (κ3) is 4.02. The molecule has 1 rings (SSSR count). The lowest BCUT2D eigenvalue weighted by Gasteiger charge is -2.23. The van der Waals surface area contributed by atoms with Crippen molar-refractivity contribution in [2.75, 3.05) is 7.05 Å². The maximum Gasteiger partial charge on any atom is 0.170 e. The third-order valence-electron chi connectivity index (χ3n) is 3.19. The Balaban J connectivity index is 2.78. The lowest BCUT2D eigenvalue weighted by molar-refractivity contribution is -0.115. The number of allylic oxidation sites excluding steroid dienone is 4. The molecule has 0 saturated heterocycles. The van der Waals surface area contributed by atoms with Gasteiger partial charge in [-0.1, -0.05) is 26.5 Å². The lowest BCUT2D eigenvalue weighted by Crippen LogP contribution is -2.15. The lowest BCUT2D eigenvalue weighted by atomic mass is 9.98. The SMILES string of the molecule is C=C1OC(C(C)CC/C=C/NC)=CC(O)=C1C(=O)CC. The first-order valence-corrected chi connectivity index (χ1v) is 6.88. The maximum absolute atomic E-state index is 11.7. The largest absolute Gasteiger partial charge is 0.507 e. The summed E-state index contributed by atoms with van der Waals surface area (Å²) in [7, 11) is 1.85. The van der Waals surface area contributed by atoms with E-state index in [1.54, 1.807) is 6.92 Å². The second-order valence-corrected chi connectivity index (χ2v) is 4.78. The van der Waals surface area contributed by atoms with E-state index in [1.165, 1.54) is 6.08 Å². The van der Waals surface area contributed by atoms with Crippen LogP contribution in [0.4, 0.5) is 0 Å². The van der Waals surface area contributed by atoms with Crippen molar-refractivity contribution in [2.45, 2.75) is 33.1 Å². The first-order valence-electron chi connectivity index (χ1n) is 6.88. The maximum atomic E-state index is 11.7. The van der Waals surface area contributed by atoms with Crippen LogP contribution < -0.4 is 5.32 Å². The highest BCUT2D eigenvalue weighted by atomic mass is 16.5. The van der Waals surface area contributed by atoms with Crippen LogP contribution in [0.25, 0.3) is 0 Å². The first kappa shape index (κ1) is 16.1. The predicted octanol–water partition coefficient (Wildman–Crippen LogP) is 3.35. The van der Waals surface area contributed by atoms with Crippen molar-refractivity contribution in [3.8, 4) is 0 Å². The van der Waals surface area contributed by atoms with Crippen molar-refractivity contribution < 1.29 is 14.6 Å². The van der Waals surface area contributed by atoms with Gasteiger partial charge in [-0.2, -0.15) is 0 Å². The van der Waals surface area contributed by atoms with Crippen molar-refractivity contribution in [2.24, 2.45) is 5.92 Å². The van der Waals surface area contributed by atoms with Crippen molar-refractivity contribution in [1.29, 1.82) is 0 Å². The average Bonchev–Trinajstić information content (AvgIpc) is 2.42. The van der Waals surface area contributed by atoms with Gasteiger partial charge in [-0.15, -0.1) is 0 Å². The van der Waals surface area contributed by atoms with E-state index in [2.05, 4.69) is 11.9 Å². The molecule has 110 valence electrons. The van der Waals surface area contributed by atoms with Gasteiger partial charge in [-0.3, -0.25) is 4.79 Å². The van der Waals surface area contributed by atoms with Gasteiger partial charge in [0, 0.05) is 25.5 Å². The van der Waals surface area contributed by atoms with Gasteiger partial charge in [-0.25, -0.2) is 0 Å². The minimum atomic E-state index is -0.160. The number of hydrogen-bond acceptors (Lipinski definition) is 4. The highest BCUT2D eigenvalue weighted by Gasteiger charge is 2.25. The molecule has 0 aromatic rings. The van der Waals surface area contributed by atoms with E-state index < -0.39 is 0 Å². The molecule has 0 amide bonds. The first-order chi connectivity index (χ1) is 9.51. The van der Waals surface area contributed by atoms with Crippen molar-refractivity contribution in [1.82, 2.24) is 5.32 Å². The number of Topliss-reactive ketones (excluding diaryl/α,β-unsaturated/α-hetero) is 1. The Morgan fingerprint density at radius 2 is 2.30 bits per heavy atom. The molecule has 0 bridgehead atoms. The molecular formula is C16H23NO3. The Bertz CT molecular complexity index is 472. The number of aliphatic hydroxyl groups is 1. The second kappa shape index (κ2) is 7.58. The van der Waals surface area contributed by atoms with E-state index >= 15 is 0 Å². The predicted molar refractivity (Wildman–Crippen MR) is 79.9 cm³/mol. The van der Waals surface area contributed by atoms with Gasteiger partial charge < -0.3 is 15.2 Å². The summed E-state index contributed by atoms with van der Waals surface area (Å²) in [4.78, 5) is 11.7. The molecule has 20 heavy (non-hydrogen) atoms. The minimum Gasteiger partial charge on any atom is -0.507 e. The molecule has 0 saturated carbocycles. The molecular weight excluding hydrogens is 254 g/mol. The molecule has 1 heterocycles. The highest BCUT2D eigenvalue weighted by Crippen LogP contribution is 2.30. The Morgan fingerprint density at radius 1 is 1.60 bits per heavy atom. The number of ether oxygens (including phenoxy) is 1. The van der Waals surface area contributed by atoms with E-state index in [9.17, 15) is 9.90 Å². The molecule has 0 aliphatic carbocycles. The highest BCUT2D eigenvalue weighted by molar-refractivity contribution is 5.99. The monoisotopic (exact) mass is 277 g/mol. The number of aliphatic hydroxyl groups excluding tert-OH is 1. The van der Waals surface area contributed by atoms with Gasteiger partial charge in [0.05, 0.1) is 0 Å². The fraction of sp³-hybridized carbons (Fsp3) is 0.438. The van der Waals surface area contributed by atoms with Crippen molar-refractivity contribution >= 4 is 5.78 Å². The number of rotatable bonds is 7. The normalized spacial score (nSPS) is 16.9. The van der Waals surface area contributed by atoms with Gasteiger partial charge >= 0.3 is 0 Å². The molecule has 1 aliphatic rings. The molecule has 2 N–H and O–H groups in total. The third-order valence-corrected chi connectivity index (χ3v) is 3.19. The Morgan fingerprint density at radius 3 is 2.85 bits per heavy atom. The Kier molecular flexibility index (Phi) is 6.10. The summed E-state index contributed by atoms with van der Waals surface area (Å²) in [6, 6.07) is 0. The summed E-state index contributed by atoms with van der Waals surface area (Å²) in [5.74, 6) is 0.837. The number of hydrogen-bond donors (Lipinski definition) is 2. The summed E-state index contributed by atoms with van der Waals surface area (Å²) >= 11 is 0.